The van der Waals surface area contributed by atoms with Crippen molar-refractivity contribution in [3.63, 3.8) is 0 Å². The molecule has 0 saturated heterocycles. The Morgan fingerprint density at radius 2 is 2.09 bits per heavy atom. The lowest BCUT2D eigenvalue weighted by molar-refractivity contribution is -0.384. The van der Waals surface area contributed by atoms with Crippen molar-refractivity contribution in [1.82, 2.24) is 0 Å². The van der Waals surface area contributed by atoms with E-state index in [-0.39, 0.29) is 23.4 Å². The summed E-state index contributed by atoms with van der Waals surface area (Å²) in [6, 6.07) is 7.11. The highest BCUT2D eigenvalue weighted by Crippen LogP contribution is 2.46. The molecule has 8 nitrogen and oxygen atoms in total. The van der Waals surface area contributed by atoms with Gasteiger partial charge in [0.05, 0.1) is 17.1 Å². The lowest BCUT2D eigenvalue weighted by Crippen LogP contribution is -2.42. The van der Waals surface area contributed by atoms with Crippen molar-refractivity contribution in [3.8, 4) is 12.1 Å². The summed E-state index contributed by atoms with van der Waals surface area (Å²) in [7, 11) is 0. The number of fused-ring (bicyclic) bond motifs is 1. The summed E-state index contributed by atoms with van der Waals surface area (Å²) in [5, 5.41) is 31.8. The molecule has 1 aliphatic heterocycles. The molecule has 1 aromatic rings. The average Bonchev–Trinajstić information content (AvgIpc) is 2.72. The minimum absolute atomic E-state index is 0.134. The van der Waals surface area contributed by atoms with Gasteiger partial charge in [0.1, 0.15) is 11.2 Å². The van der Waals surface area contributed by atoms with E-state index in [2.05, 4.69) is 5.32 Å². The summed E-state index contributed by atoms with van der Waals surface area (Å²) >= 11 is 0. The number of nitriles is 2. The molecule has 8 heteroatoms. The number of amides is 1. The first-order valence-electron chi connectivity index (χ1n) is 6.26. The van der Waals surface area contributed by atoms with Gasteiger partial charge in [-0.15, -0.1) is 0 Å². The van der Waals surface area contributed by atoms with Crippen molar-refractivity contribution in [2.45, 2.75) is 18.8 Å². The number of nitrogens with zero attached hydrogens (tertiary/aromatic N) is 3. The molecule has 110 valence electrons. The second-order valence-electron chi connectivity index (χ2n) is 4.98. The largest absolute Gasteiger partial charge is 0.325 e. The molecule has 0 spiro atoms. The van der Waals surface area contributed by atoms with Crippen molar-refractivity contribution in [1.29, 1.82) is 10.5 Å². The third-order valence-corrected chi connectivity index (χ3v) is 3.63. The molecular weight excluding hydrogens is 288 g/mol. The third kappa shape index (κ3) is 2.07. The van der Waals surface area contributed by atoms with Gasteiger partial charge in [0.2, 0.25) is 5.91 Å². The predicted molar refractivity (Wildman–Crippen MR) is 73.4 cm³/mol. The van der Waals surface area contributed by atoms with Gasteiger partial charge in [0.25, 0.3) is 5.69 Å². The molecule has 2 rings (SSSR count). The van der Waals surface area contributed by atoms with Crippen LogP contribution in [0.2, 0.25) is 0 Å². The van der Waals surface area contributed by atoms with Crippen molar-refractivity contribution < 1.29 is 14.5 Å². The van der Waals surface area contributed by atoms with Crippen LogP contribution in [-0.2, 0) is 15.0 Å². The molecule has 1 aliphatic rings. The number of anilines is 1. The second kappa shape index (κ2) is 5.26. The number of Topliss-reactive ketones (excluding diaryl/α,β-unsaturated/α-hetero) is 1. The quantitative estimate of drug-likeness (QED) is 0.659. The van der Waals surface area contributed by atoms with Crippen molar-refractivity contribution in [2.24, 2.45) is 5.92 Å². The maximum atomic E-state index is 12.4. The van der Waals surface area contributed by atoms with E-state index < -0.39 is 27.9 Å². The number of rotatable bonds is 4. The minimum atomic E-state index is -1.73. The standard InChI is InChI=1S/C14H10N4O4/c1-8(19)5-14(9(6-15)7-16)11-4-10(18(21)22)2-3-12(11)17-13(14)20/h2-4,9H,5H2,1H3,(H,17,20)/t14-/m1/s1. The first-order valence-corrected chi connectivity index (χ1v) is 6.26. The zero-order valence-corrected chi connectivity index (χ0v) is 11.5. The average molecular weight is 298 g/mol. The van der Waals surface area contributed by atoms with Crippen LogP contribution in [-0.4, -0.2) is 16.6 Å². The molecule has 1 amide bonds. The summed E-state index contributed by atoms with van der Waals surface area (Å²) in [4.78, 5) is 34.3. The van der Waals surface area contributed by atoms with E-state index in [1.54, 1.807) is 12.1 Å². The van der Waals surface area contributed by atoms with Gasteiger partial charge in [-0.2, -0.15) is 10.5 Å². The highest BCUT2D eigenvalue weighted by Gasteiger charge is 2.54. The summed E-state index contributed by atoms with van der Waals surface area (Å²) in [5.74, 6) is -2.50. The Morgan fingerprint density at radius 3 is 2.59 bits per heavy atom. The van der Waals surface area contributed by atoms with Crippen LogP contribution in [0.5, 0.6) is 0 Å². The predicted octanol–water partition coefficient (Wildman–Crippen LogP) is 1.43. The molecule has 0 fully saturated rings. The van der Waals surface area contributed by atoms with Crippen LogP contribution in [0.4, 0.5) is 11.4 Å². The zero-order valence-electron chi connectivity index (χ0n) is 11.5. The van der Waals surface area contributed by atoms with Crippen molar-refractivity contribution in [3.05, 3.63) is 33.9 Å². The van der Waals surface area contributed by atoms with Crippen LogP contribution in [0.3, 0.4) is 0 Å². The number of carbonyl (C=O) groups is 2. The third-order valence-electron chi connectivity index (χ3n) is 3.63. The molecule has 0 bridgehead atoms. The van der Waals surface area contributed by atoms with Crippen LogP contribution >= 0.6 is 0 Å². The van der Waals surface area contributed by atoms with E-state index in [0.717, 1.165) is 6.07 Å². The fourth-order valence-electron chi connectivity index (χ4n) is 2.69. The SMILES string of the molecule is CC(=O)C[C@]1(C(C#N)C#N)C(=O)Nc2ccc([N+](=O)[O-])cc21. The summed E-state index contributed by atoms with van der Waals surface area (Å²) in [6.07, 6.45) is -0.376. The Kier molecular flexibility index (Phi) is 3.62. The smallest absolute Gasteiger partial charge is 0.269 e. The molecule has 1 N–H and O–H groups in total. The van der Waals surface area contributed by atoms with Gasteiger partial charge < -0.3 is 5.32 Å². The van der Waals surface area contributed by atoms with E-state index in [9.17, 15) is 30.2 Å². The Bertz CT molecular complexity index is 760. The number of nitro groups is 1. The number of carbonyl (C=O) groups excluding carboxylic acids is 2. The maximum absolute atomic E-state index is 12.4. The highest BCUT2D eigenvalue weighted by atomic mass is 16.6. The van der Waals surface area contributed by atoms with Crippen molar-refractivity contribution >= 4 is 23.1 Å². The lowest BCUT2D eigenvalue weighted by Gasteiger charge is -2.26. The fraction of sp³-hybridized carbons (Fsp3) is 0.286. The number of ketones is 1. The molecule has 0 saturated carbocycles. The number of nitrogens with one attached hydrogen (secondary N) is 1. The number of hydrogen-bond acceptors (Lipinski definition) is 6. The minimum Gasteiger partial charge on any atom is -0.325 e. The molecule has 0 unspecified atom stereocenters. The van der Waals surface area contributed by atoms with E-state index in [1.807, 2.05) is 0 Å². The number of non-ortho nitro benzene ring substituents is 1. The maximum Gasteiger partial charge on any atom is 0.269 e. The zero-order chi connectivity index (χ0) is 16.5. The molecule has 1 atom stereocenters. The Morgan fingerprint density at radius 1 is 1.45 bits per heavy atom. The van der Waals surface area contributed by atoms with Gasteiger partial charge in [0.15, 0.2) is 5.92 Å². The van der Waals surface area contributed by atoms with E-state index in [4.69, 9.17) is 0 Å². The molecule has 1 heterocycles. The molecule has 0 aliphatic carbocycles. The lowest BCUT2D eigenvalue weighted by atomic mass is 9.69. The van der Waals surface area contributed by atoms with Crippen LogP contribution in [0.25, 0.3) is 0 Å². The van der Waals surface area contributed by atoms with E-state index >= 15 is 0 Å². The molecule has 0 radical (unpaired) electrons. The van der Waals surface area contributed by atoms with E-state index in [1.165, 1.54) is 19.1 Å². The monoisotopic (exact) mass is 298 g/mol. The van der Waals surface area contributed by atoms with Crippen LogP contribution in [0, 0.1) is 38.7 Å². The Labute approximate surface area is 125 Å². The van der Waals surface area contributed by atoms with E-state index in [0.29, 0.717) is 0 Å². The topological polar surface area (TPSA) is 137 Å². The van der Waals surface area contributed by atoms with Crippen LogP contribution < -0.4 is 5.32 Å². The van der Waals surface area contributed by atoms with Crippen LogP contribution in [0.15, 0.2) is 18.2 Å². The summed E-state index contributed by atoms with van der Waals surface area (Å²) in [5.41, 5.74) is -1.60. The van der Waals surface area contributed by atoms with Gasteiger partial charge in [-0.25, -0.2) is 0 Å². The molecule has 22 heavy (non-hydrogen) atoms. The summed E-state index contributed by atoms with van der Waals surface area (Å²) in [6.45, 7) is 1.23. The molecule has 0 aromatic heterocycles. The van der Waals surface area contributed by atoms with Crippen molar-refractivity contribution in [2.75, 3.05) is 5.32 Å². The number of nitro benzene ring substituents is 1. The molecule has 1 aromatic carbocycles. The second-order valence-corrected chi connectivity index (χ2v) is 4.98. The van der Waals surface area contributed by atoms with Gasteiger partial charge in [0, 0.05) is 29.8 Å². The summed E-state index contributed by atoms with van der Waals surface area (Å²) < 4.78 is 0. The van der Waals surface area contributed by atoms with Gasteiger partial charge in [-0.1, -0.05) is 0 Å². The first-order chi connectivity index (χ1) is 10.4. The Hall–Kier alpha value is -3.26. The van der Waals surface area contributed by atoms with Gasteiger partial charge in [-0.05, 0) is 13.0 Å². The normalized spacial score (nSPS) is 19.0. The van der Waals surface area contributed by atoms with Gasteiger partial charge >= 0.3 is 0 Å². The number of benzene rings is 1. The molecular formula is C14H10N4O4. The number of hydrogen-bond donors (Lipinski definition) is 1. The fourth-order valence-corrected chi connectivity index (χ4v) is 2.69. The highest BCUT2D eigenvalue weighted by molar-refractivity contribution is 6.09. The van der Waals surface area contributed by atoms with Crippen LogP contribution in [0.1, 0.15) is 18.9 Å². The van der Waals surface area contributed by atoms with Gasteiger partial charge in [-0.3, -0.25) is 19.7 Å². The Balaban J connectivity index is 2.76. The first kappa shape index (κ1) is 15.1.